The van der Waals surface area contributed by atoms with E-state index in [2.05, 4.69) is 12.2 Å². The fraction of sp³-hybridized carbons (Fsp3) is 0.138. The van der Waals surface area contributed by atoms with Gasteiger partial charge in [-0.1, -0.05) is 67.9 Å². The summed E-state index contributed by atoms with van der Waals surface area (Å²) < 4.78 is 0. The average molecular weight is 438 g/mol. The zero-order chi connectivity index (χ0) is 23.2. The van der Waals surface area contributed by atoms with Crippen LogP contribution in [0.4, 0.5) is 5.69 Å². The predicted molar refractivity (Wildman–Crippen MR) is 132 cm³/mol. The smallest absolute Gasteiger partial charge is 0.255 e. The van der Waals surface area contributed by atoms with Gasteiger partial charge in [0, 0.05) is 17.2 Å². The zero-order valence-electron chi connectivity index (χ0n) is 18.5. The number of phenolic OH excluding ortho intramolecular Hbond substituents is 2. The molecule has 3 N–H and O–H groups in total. The van der Waals surface area contributed by atoms with E-state index in [4.69, 9.17) is 0 Å². The summed E-state index contributed by atoms with van der Waals surface area (Å²) in [5.41, 5.74) is 5.27. The molecule has 4 heteroatoms. The number of amides is 1. The highest BCUT2D eigenvalue weighted by Crippen LogP contribution is 2.35. The van der Waals surface area contributed by atoms with E-state index in [1.807, 2.05) is 72.8 Å². The highest BCUT2D eigenvalue weighted by molar-refractivity contribution is 6.05. The number of hydrogen-bond donors (Lipinski definition) is 3. The molecule has 0 fully saturated rings. The van der Waals surface area contributed by atoms with E-state index in [0.717, 1.165) is 35.2 Å². The number of nitrogens with one attached hydrogen (secondary N) is 1. The molecule has 0 aliphatic rings. The van der Waals surface area contributed by atoms with Crippen LogP contribution in [0.15, 0.2) is 97.1 Å². The van der Waals surface area contributed by atoms with Crippen LogP contribution in [0.2, 0.25) is 0 Å². The number of hydrogen-bond acceptors (Lipinski definition) is 3. The average Bonchev–Trinajstić information content (AvgIpc) is 2.83. The van der Waals surface area contributed by atoms with Gasteiger partial charge in [-0.15, -0.1) is 0 Å². The lowest BCUT2D eigenvalue weighted by molar-refractivity contribution is 0.102. The number of aryl methyl sites for hydroxylation is 1. The Bertz CT molecular complexity index is 1170. The van der Waals surface area contributed by atoms with Crippen molar-refractivity contribution in [2.75, 3.05) is 5.32 Å². The number of rotatable bonds is 7. The quantitative estimate of drug-likeness (QED) is 0.290. The van der Waals surface area contributed by atoms with E-state index < -0.39 is 0 Å². The maximum Gasteiger partial charge on any atom is 0.255 e. The molecule has 0 spiro atoms. The van der Waals surface area contributed by atoms with Gasteiger partial charge in [-0.2, -0.15) is 0 Å². The molecule has 0 bridgehead atoms. The highest BCUT2D eigenvalue weighted by atomic mass is 16.3. The minimum Gasteiger partial charge on any atom is -0.508 e. The van der Waals surface area contributed by atoms with Gasteiger partial charge in [0.15, 0.2) is 0 Å². The van der Waals surface area contributed by atoms with Crippen molar-refractivity contribution >= 4 is 11.6 Å². The van der Waals surface area contributed by atoms with Crippen LogP contribution in [0.5, 0.6) is 11.5 Å². The Morgan fingerprint density at radius 2 is 1.30 bits per heavy atom. The van der Waals surface area contributed by atoms with E-state index in [0.29, 0.717) is 5.56 Å². The molecule has 33 heavy (non-hydrogen) atoms. The molecule has 4 aromatic carbocycles. The van der Waals surface area contributed by atoms with E-state index in [9.17, 15) is 15.0 Å². The standard InChI is InChI=1S/C29H27NO3/c1-2-5-20-8-14-23(15-9-20)30-29(33)27-7-4-3-6-26(27)28(21-10-16-24(31)17-11-21)22-12-18-25(32)19-13-22/h3-4,6-19,28,31-32H,2,5H2,1H3,(H,30,33). The summed E-state index contributed by atoms with van der Waals surface area (Å²) in [6.07, 6.45) is 2.09. The lowest BCUT2D eigenvalue weighted by Crippen LogP contribution is -2.17. The normalized spacial score (nSPS) is 10.8. The van der Waals surface area contributed by atoms with Gasteiger partial charge in [-0.05, 0) is 71.1 Å². The van der Waals surface area contributed by atoms with Crippen molar-refractivity contribution in [1.82, 2.24) is 0 Å². The summed E-state index contributed by atoms with van der Waals surface area (Å²) in [6.45, 7) is 2.14. The van der Waals surface area contributed by atoms with Crippen LogP contribution in [0.1, 0.15) is 51.9 Å². The molecular weight excluding hydrogens is 410 g/mol. The summed E-state index contributed by atoms with van der Waals surface area (Å²) in [5.74, 6) is -0.0713. The van der Waals surface area contributed by atoms with Gasteiger partial charge in [0.05, 0.1) is 0 Å². The summed E-state index contributed by atoms with van der Waals surface area (Å²) in [4.78, 5) is 13.3. The molecule has 0 saturated heterocycles. The highest BCUT2D eigenvalue weighted by Gasteiger charge is 2.23. The number of phenols is 2. The molecule has 0 heterocycles. The van der Waals surface area contributed by atoms with Crippen molar-refractivity contribution in [3.8, 4) is 11.5 Å². The lowest BCUT2D eigenvalue weighted by Gasteiger charge is -2.22. The van der Waals surface area contributed by atoms with Crippen LogP contribution in [-0.4, -0.2) is 16.1 Å². The van der Waals surface area contributed by atoms with Crippen LogP contribution >= 0.6 is 0 Å². The maximum atomic E-state index is 13.3. The fourth-order valence-corrected chi connectivity index (χ4v) is 4.08. The first-order chi connectivity index (χ1) is 16.0. The second-order valence-corrected chi connectivity index (χ2v) is 8.10. The molecule has 0 aliphatic carbocycles. The first-order valence-corrected chi connectivity index (χ1v) is 11.1. The van der Waals surface area contributed by atoms with Crippen LogP contribution in [-0.2, 0) is 6.42 Å². The van der Waals surface area contributed by atoms with Gasteiger partial charge in [0.2, 0.25) is 0 Å². The number of carbonyl (C=O) groups excluding carboxylic acids is 1. The Hall–Kier alpha value is -4.05. The molecule has 4 rings (SSSR count). The molecule has 4 aromatic rings. The molecule has 1 amide bonds. The van der Waals surface area contributed by atoms with Gasteiger partial charge >= 0.3 is 0 Å². The summed E-state index contributed by atoms with van der Waals surface area (Å²) >= 11 is 0. The lowest BCUT2D eigenvalue weighted by atomic mass is 9.82. The van der Waals surface area contributed by atoms with Crippen molar-refractivity contribution in [2.24, 2.45) is 0 Å². The molecule has 0 atom stereocenters. The van der Waals surface area contributed by atoms with Crippen LogP contribution in [0.3, 0.4) is 0 Å². The zero-order valence-corrected chi connectivity index (χ0v) is 18.5. The Morgan fingerprint density at radius 1 is 0.758 bits per heavy atom. The Labute approximate surface area is 194 Å². The van der Waals surface area contributed by atoms with Crippen molar-refractivity contribution in [1.29, 1.82) is 0 Å². The summed E-state index contributed by atoms with van der Waals surface area (Å²) in [5, 5.41) is 22.6. The number of anilines is 1. The van der Waals surface area contributed by atoms with E-state index in [1.54, 1.807) is 24.3 Å². The van der Waals surface area contributed by atoms with Crippen LogP contribution in [0, 0.1) is 0 Å². The van der Waals surface area contributed by atoms with E-state index in [1.165, 1.54) is 5.56 Å². The summed E-state index contributed by atoms with van der Waals surface area (Å²) in [6, 6.07) is 29.5. The van der Waals surface area contributed by atoms with Crippen molar-refractivity contribution in [3.05, 3.63) is 125 Å². The fourth-order valence-electron chi connectivity index (χ4n) is 4.08. The molecule has 0 saturated carbocycles. The van der Waals surface area contributed by atoms with E-state index >= 15 is 0 Å². The third-order valence-corrected chi connectivity index (χ3v) is 5.72. The molecular formula is C29H27NO3. The Balaban J connectivity index is 1.72. The number of benzene rings is 4. The largest absolute Gasteiger partial charge is 0.508 e. The van der Waals surface area contributed by atoms with E-state index in [-0.39, 0.29) is 23.3 Å². The van der Waals surface area contributed by atoms with Gasteiger partial charge in [-0.25, -0.2) is 0 Å². The molecule has 0 radical (unpaired) electrons. The molecule has 4 nitrogen and oxygen atoms in total. The van der Waals surface area contributed by atoms with Gasteiger partial charge in [-0.3, -0.25) is 4.79 Å². The number of aromatic hydroxyl groups is 2. The maximum absolute atomic E-state index is 13.3. The van der Waals surface area contributed by atoms with Crippen molar-refractivity contribution in [3.63, 3.8) is 0 Å². The molecule has 0 aromatic heterocycles. The number of carbonyl (C=O) groups is 1. The second-order valence-electron chi connectivity index (χ2n) is 8.10. The molecule has 0 aliphatic heterocycles. The summed E-state index contributed by atoms with van der Waals surface area (Å²) in [7, 11) is 0. The van der Waals surface area contributed by atoms with Crippen LogP contribution in [0.25, 0.3) is 0 Å². The van der Waals surface area contributed by atoms with Crippen molar-refractivity contribution in [2.45, 2.75) is 25.7 Å². The minimum absolute atomic E-state index is 0.181. The SMILES string of the molecule is CCCc1ccc(NC(=O)c2ccccc2C(c2ccc(O)cc2)c2ccc(O)cc2)cc1. The van der Waals surface area contributed by atoms with Crippen molar-refractivity contribution < 1.29 is 15.0 Å². The Morgan fingerprint density at radius 3 is 1.85 bits per heavy atom. The predicted octanol–water partition coefficient (Wildman–Crippen LogP) is 6.48. The molecule has 0 unspecified atom stereocenters. The monoisotopic (exact) mass is 437 g/mol. The van der Waals surface area contributed by atoms with Crippen LogP contribution < -0.4 is 5.32 Å². The van der Waals surface area contributed by atoms with Gasteiger partial charge in [0.1, 0.15) is 11.5 Å². The topological polar surface area (TPSA) is 69.6 Å². The first kappa shape index (κ1) is 22.2. The van der Waals surface area contributed by atoms with Gasteiger partial charge < -0.3 is 15.5 Å². The third-order valence-electron chi connectivity index (χ3n) is 5.72. The second kappa shape index (κ2) is 10.0. The Kier molecular flexibility index (Phi) is 6.75. The molecule has 166 valence electrons. The minimum atomic E-state index is -0.250. The van der Waals surface area contributed by atoms with Gasteiger partial charge in [0.25, 0.3) is 5.91 Å². The third kappa shape index (κ3) is 5.24. The first-order valence-electron chi connectivity index (χ1n) is 11.1.